The van der Waals surface area contributed by atoms with Crippen molar-refractivity contribution in [3.63, 3.8) is 0 Å². The third-order valence-corrected chi connectivity index (χ3v) is 3.73. The minimum Gasteiger partial charge on any atom is -0.306 e. The van der Waals surface area contributed by atoms with Crippen LogP contribution in [-0.4, -0.2) is 6.54 Å². The van der Waals surface area contributed by atoms with E-state index in [9.17, 15) is 0 Å². The molecule has 0 aromatic heterocycles. The van der Waals surface area contributed by atoms with Crippen molar-refractivity contribution in [2.24, 2.45) is 0 Å². The summed E-state index contributed by atoms with van der Waals surface area (Å²) < 4.78 is 0. The number of aryl methyl sites for hydroxylation is 1. The smallest absolute Gasteiger partial charge is 0.0606 e. The molecule has 0 fully saturated rings. The molecule has 0 radical (unpaired) electrons. The molecule has 0 aliphatic rings. The van der Waals surface area contributed by atoms with E-state index in [2.05, 4.69) is 43.4 Å². The van der Waals surface area contributed by atoms with Crippen LogP contribution in [0.15, 0.2) is 42.5 Å². The Kier molecular flexibility index (Phi) is 4.87. The van der Waals surface area contributed by atoms with Gasteiger partial charge in [0.05, 0.1) is 6.04 Å². The number of benzene rings is 2. The molecular formula is C16H17Cl2N. The predicted octanol–water partition coefficient (Wildman–Crippen LogP) is 5.00. The third-order valence-electron chi connectivity index (χ3n) is 3.07. The van der Waals surface area contributed by atoms with Gasteiger partial charge in [0.1, 0.15) is 0 Å². The molecular weight excluding hydrogens is 277 g/mol. The fraction of sp³-hybridized carbons (Fsp3) is 0.250. The minimum atomic E-state index is 0.0195. The molecule has 0 bridgehead atoms. The molecule has 0 amide bonds. The van der Waals surface area contributed by atoms with Gasteiger partial charge in [-0.2, -0.15) is 0 Å². The second kappa shape index (κ2) is 6.42. The van der Waals surface area contributed by atoms with Crippen molar-refractivity contribution >= 4 is 23.2 Å². The zero-order chi connectivity index (χ0) is 13.8. The first-order valence-electron chi connectivity index (χ1n) is 6.37. The Bertz CT molecular complexity index is 546. The fourth-order valence-electron chi connectivity index (χ4n) is 2.23. The van der Waals surface area contributed by atoms with Crippen molar-refractivity contribution in [3.8, 4) is 0 Å². The van der Waals surface area contributed by atoms with Gasteiger partial charge in [-0.25, -0.2) is 0 Å². The van der Waals surface area contributed by atoms with Crippen molar-refractivity contribution in [1.82, 2.24) is 5.32 Å². The van der Waals surface area contributed by atoms with E-state index < -0.39 is 0 Å². The molecule has 2 rings (SSSR count). The lowest BCUT2D eigenvalue weighted by molar-refractivity contribution is 0.630. The summed E-state index contributed by atoms with van der Waals surface area (Å²) in [4.78, 5) is 0. The van der Waals surface area contributed by atoms with Crippen molar-refractivity contribution in [1.29, 1.82) is 0 Å². The Labute approximate surface area is 124 Å². The van der Waals surface area contributed by atoms with E-state index in [0.717, 1.165) is 12.1 Å². The Morgan fingerprint density at radius 1 is 1.05 bits per heavy atom. The van der Waals surface area contributed by atoms with Gasteiger partial charge in [0.25, 0.3) is 0 Å². The topological polar surface area (TPSA) is 12.0 Å². The second-order valence-corrected chi connectivity index (χ2v) is 5.35. The van der Waals surface area contributed by atoms with E-state index in [4.69, 9.17) is 23.2 Å². The molecule has 3 heteroatoms. The van der Waals surface area contributed by atoms with E-state index in [0.29, 0.717) is 10.0 Å². The first-order chi connectivity index (χ1) is 9.13. The SMILES string of the molecule is CCNC(c1cccc(C)c1)c1c(Cl)cccc1Cl. The molecule has 0 saturated carbocycles. The normalized spacial score (nSPS) is 12.4. The minimum absolute atomic E-state index is 0.0195. The summed E-state index contributed by atoms with van der Waals surface area (Å²) in [6.07, 6.45) is 0. The summed E-state index contributed by atoms with van der Waals surface area (Å²) in [7, 11) is 0. The molecule has 19 heavy (non-hydrogen) atoms. The fourth-order valence-corrected chi connectivity index (χ4v) is 2.84. The Hall–Kier alpha value is -1.02. The van der Waals surface area contributed by atoms with Gasteiger partial charge in [-0.15, -0.1) is 0 Å². The van der Waals surface area contributed by atoms with Gasteiger partial charge in [0, 0.05) is 15.6 Å². The maximum absolute atomic E-state index is 6.33. The van der Waals surface area contributed by atoms with Crippen molar-refractivity contribution in [2.75, 3.05) is 6.54 Å². The van der Waals surface area contributed by atoms with Crippen LogP contribution in [0, 0.1) is 6.92 Å². The highest BCUT2D eigenvalue weighted by atomic mass is 35.5. The maximum Gasteiger partial charge on any atom is 0.0606 e. The highest BCUT2D eigenvalue weighted by Crippen LogP contribution is 2.34. The van der Waals surface area contributed by atoms with E-state index >= 15 is 0 Å². The van der Waals surface area contributed by atoms with Crippen LogP contribution in [0.3, 0.4) is 0 Å². The third kappa shape index (κ3) is 3.30. The van der Waals surface area contributed by atoms with Gasteiger partial charge >= 0.3 is 0 Å². The van der Waals surface area contributed by atoms with Gasteiger partial charge in [0.2, 0.25) is 0 Å². The lowest BCUT2D eigenvalue weighted by atomic mass is 9.97. The Morgan fingerprint density at radius 3 is 2.26 bits per heavy atom. The molecule has 0 aliphatic heterocycles. The molecule has 0 heterocycles. The van der Waals surface area contributed by atoms with E-state index in [-0.39, 0.29) is 6.04 Å². The Morgan fingerprint density at radius 2 is 1.68 bits per heavy atom. The molecule has 2 aromatic rings. The monoisotopic (exact) mass is 293 g/mol. The van der Waals surface area contributed by atoms with Gasteiger partial charge < -0.3 is 5.32 Å². The van der Waals surface area contributed by atoms with Crippen LogP contribution in [0.25, 0.3) is 0 Å². The van der Waals surface area contributed by atoms with Crippen LogP contribution < -0.4 is 5.32 Å². The van der Waals surface area contributed by atoms with E-state index in [1.54, 1.807) is 0 Å². The summed E-state index contributed by atoms with van der Waals surface area (Å²) in [6, 6.07) is 14.0. The zero-order valence-electron chi connectivity index (χ0n) is 11.1. The average Bonchev–Trinajstić information content (AvgIpc) is 2.37. The largest absolute Gasteiger partial charge is 0.306 e. The first-order valence-corrected chi connectivity index (χ1v) is 7.13. The quantitative estimate of drug-likeness (QED) is 0.836. The van der Waals surface area contributed by atoms with Crippen molar-refractivity contribution < 1.29 is 0 Å². The highest BCUT2D eigenvalue weighted by Gasteiger charge is 2.19. The Balaban J connectivity index is 2.51. The molecule has 0 aliphatic carbocycles. The first kappa shape index (κ1) is 14.4. The zero-order valence-corrected chi connectivity index (χ0v) is 12.6. The summed E-state index contributed by atoms with van der Waals surface area (Å²) in [5.74, 6) is 0. The van der Waals surface area contributed by atoms with Gasteiger partial charge in [-0.05, 0) is 31.2 Å². The molecule has 1 nitrogen and oxygen atoms in total. The van der Waals surface area contributed by atoms with Crippen molar-refractivity contribution in [2.45, 2.75) is 19.9 Å². The van der Waals surface area contributed by atoms with Crippen LogP contribution in [0.5, 0.6) is 0 Å². The van der Waals surface area contributed by atoms with Crippen LogP contribution in [0.2, 0.25) is 10.0 Å². The molecule has 0 saturated heterocycles. The number of hydrogen-bond donors (Lipinski definition) is 1. The number of nitrogens with one attached hydrogen (secondary N) is 1. The second-order valence-electron chi connectivity index (χ2n) is 4.54. The average molecular weight is 294 g/mol. The van der Waals surface area contributed by atoms with E-state index in [1.807, 2.05) is 18.2 Å². The van der Waals surface area contributed by atoms with E-state index in [1.165, 1.54) is 11.1 Å². The van der Waals surface area contributed by atoms with Crippen LogP contribution in [-0.2, 0) is 0 Å². The molecule has 1 unspecified atom stereocenters. The lowest BCUT2D eigenvalue weighted by Crippen LogP contribution is -2.22. The summed E-state index contributed by atoms with van der Waals surface area (Å²) in [5, 5.41) is 4.84. The standard InChI is InChI=1S/C16H17Cl2N/c1-3-19-16(12-7-4-6-11(2)10-12)15-13(17)8-5-9-14(15)18/h4-10,16,19H,3H2,1-2H3. The van der Waals surface area contributed by atoms with Crippen LogP contribution >= 0.6 is 23.2 Å². The van der Waals surface area contributed by atoms with Gasteiger partial charge in [-0.1, -0.05) is 66.0 Å². The summed E-state index contributed by atoms with van der Waals surface area (Å²) >= 11 is 12.7. The number of rotatable bonds is 4. The molecule has 1 atom stereocenters. The highest BCUT2D eigenvalue weighted by molar-refractivity contribution is 6.36. The van der Waals surface area contributed by atoms with Crippen LogP contribution in [0.4, 0.5) is 0 Å². The molecule has 1 N–H and O–H groups in total. The predicted molar refractivity (Wildman–Crippen MR) is 83.2 cm³/mol. The van der Waals surface area contributed by atoms with Crippen LogP contribution in [0.1, 0.15) is 29.7 Å². The lowest BCUT2D eigenvalue weighted by Gasteiger charge is -2.21. The number of halogens is 2. The van der Waals surface area contributed by atoms with Crippen molar-refractivity contribution in [3.05, 3.63) is 69.2 Å². The molecule has 0 spiro atoms. The molecule has 2 aromatic carbocycles. The molecule has 100 valence electrons. The van der Waals surface area contributed by atoms with Gasteiger partial charge in [-0.3, -0.25) is 0 Å². The summed E-state index contributed by atoms with van der Waals surface area (Å²) in [5.41, 5.74) is 3.35. The van der Waals surface area contributed by atoms with Gasteiger partial charge in [0.15, 0.2) is 0 Å². The number of hydrogen-bond acceptors (Lipinski definition) is 1. The summed E-state index contributed by atoms with van der Waals surface area (Å²) in [6.45, 7) is 5.01. The maximum atomic E-state index is 6.33.